The van der Waals surface area contributed by atoms with Crippen LogP contribution in [0.15, 0.2) is 54.7 Å². The number of rotatable bonds is 2. The molecule has 0 unspecified atom stereocenters. The topological polar surface area (TPSA) is 69.1 Å². The Kier molecular flexibility index (Phi) is 2.68. The highest BCUT2D eigenvalue weighted by molar-refractivity contribution is 5.83. The smallest absolute Gasteiger partial charge is 0.128 e. The first kappa shape index (κ1) is 11.3. The van der Waals surface area contributed by atoms with Gasteiger partial charge in [-0.25, -0.2) is 0 Å². The maximum absolute atomic E-state index is 9.92. The van der Waals surface area contributed by atoms with E-state index < -0.39 is 0 Å². The number of nitrogens with zero attached hydrogens (tertiary/aromatic N) is 1. The normalized spacial score (nSPS) is 10.5. The lowest BCUT2D eigenvalue weighted by molar-refractivity contribution is 0.452. The fraction of sp³-hybridized carbons (Fsp3) is 0. The molecule has 3 rings (SSSR count). The molecule has 0 bridgehead atoms. The fourth-order valence-electron chi connectivity index (χ4n) is 2.05. The van der Waals surface area contributed by atoms with Crippen molar-refractivity contribution in [2.45, 2.75) is 0 Å². The van der Waals surface area contributed by atoms with Crippen molar-refractivity contribution < 1.29 is 10.2 Å². The number of benzene rings is 2. The van der Waals surface area contributed by atoms with Crippen molar-refractivity contribution in [3.63, 3.8) is 0 Å². The molecule has 0 aliphatic heterocycles. The van der Waals surface area contributed by atoms with Gasteiger partial charge in [-0.3, -0.25) is 5.10 Å². The molecule has 19 heavy (non-hydrogen) atoms. The monoisotopic (exact) mass is 252 g/mol. The number of aromatic hydroxyl groups is 2. The summed E-state index contributed by atoms with van der Waals surface area (Å²) in [6.07, 6.45) is 1.79. The van der Waals surface area contributed by atoms with E-state index in [9.17, 15) is 10.2 Å². The van der Waals surface area contributed by atoms with Crippen LogP contribution in [0.25, 0.3) is 22.4 Å². The first-order valence-corrected chi connectivity index (χ1v) is 5.87. The lowest BCUT2D eigenvalue weighted by atomic mass is 10.0. The third-order valence-corrected chi connectivity index (χ3v) is 2.96. The number of aromatic nitrogens is 2. The largest absolute Gasteiger partial charge is 0.508 e. The third kappa shape index (κ3) is 2.04. The summed E-state index contributed by atoms with van der Waals surface area (Å²) in [6.45, 7) is 0. The molecular formula is C15H12N2O2. The Bertz CT molecular complexity index is 705. The Balaban J connectivity index is 2.15. The van der Waals surface area contributed by atoms with Crippen molar-refractivity contribution in [1.82, 2.24) is 10.2 Å². The minimum absolute atomic E-state index is 0.00396. The number of phenols is 2. The van der Waals surface area contributed by atoms with Gasteiger partial charge in [0, 0.05) is 23.4 Å². The number of phenolic OH excluding ortho intramolecular Hbond substituents is 2. The van der Waals surface area contributed by atoms with E-state index in [0.717, 1.165) is 11.1 Å². The molecule has 0 radical (unpaired) electrons. The summed E-state index contributed by atoms with van der Waals surface area (Å²) in [5.41, 5.74) is 3.15. The van der Waals surface area contributed by atoms with Crippen LogP contribution in [0.4, 0.5) is 0 Å². The van der Waals surface area contributed by atoms with Crippen LogP contribution < -0.4 is 0 Å². The Morgan fingerprint density at radius 1 is 0.895 bits per heavy atom. The quantitative estimate of drug-likeness (QED) is 0.656. The standard InChI is InChI=1S/C15H12N2O2/c18-11-6-7-12(14(19)8-11)15-13(9-16-17-15)10-4-2-1-3-5-10/h1-9,18-19H,(H,16,17). The van der Waals surface area contributed by atoms with Crippen molar-refractivity contribution in [3.05, 3.63) is 54.7 Å². The number of aromatic amines is 1. The Hall–Kier alpha value is -2.75. The van der Waals surface area contributed by atoms with E-state index in [4.69, 9.17) is 0 Å². The summed E-state index contributed by atoms with van der Waals surface area (Å²) in [5.74, 6) is 0.0299. The van der Waals surface area contributed by atoms with Crippen molar-refractivity contribution in [3.8, 4) is 33.9 Å². The van der Waals surface area contributed by atoms with Gasteiger partial charge in [-0.15, -0.1) is 0 Å². The average Bonchev–Trinajstić information content (AvgIpc) is 2.89. The fourth-order valence-corrected chi connectivity index (χ4v) is 2.05. The second kappa shape index (κ2) is 4.49. The second-order valence-corrected chi connectivity index (χ2v) is 4.21. The first-order valence-electron chi connectivity index (χ1n) is 5.87. The Labute approximate surface area is 110 Å². The highest BCUT2D eigenvalue weighted by atomic mass is 16.3. The van der Waals surface area contributed by atoms with Crippen LogP contribution >= 0.6 is 0 Å². The number of H-pyrrole nitrogens is 1. The van der Waals surface area contributed by atoms with Crippen molar-refractivity contribution in [2.24, 2.45) is 0 Å². The van der Waals surface area contributed by atoms with Gasteiger partial charge in [-0.05, 0) is 17.7 Å². The second-order valence-electron chi connectivity index (χ2n) is 4.21. The van der Waals surface area contributed by atoms with Crippen LogP contribution in [-0.4, -0.2) is 20.4 Å². The molecule has 0 atom stereocenters. The zero-order valence-corrected chi connectivity index (χ0v) is 10.0. The van der Waals surface area contributed by atoms with Gasteiger partial charge in [-0.2, -0.15) is 5.10 Å². The number of nitrogens with one attached hydrogen (secondary N) is 1. The average molecular weight is 252 g/mol. The van der Waals surface area contributed by atoms with Crippen LogP contribution in [0.5, 0.6) is 11.5 Å². The predicted molar refractivity (Wildman–Crippen MR) is 72.8 cm³/mol. The van der Waals surface area contributed by atoms with Gasteiger partial charge in [0.15, 0.2) is 0 Å². The van der Waals surface area contributed by atoms with Gasteiger partial charge in [0.2, 0.25) is 0 Å². The van der Waals surface area contributed by atoms with Gasteiger partial charge >= 0.3 is 0 Å². The minimum Gasteiger partial charge on any atom is -0.508 e. The molecule has 3 N–H and O–H groups in total. The molecule has 2 aromatic carbocycles. The molecule has 0 amide bonds. The van der Waals surface area contributed by atoms with Crippen LogP contribution in [-0.2, 0) is 0 Å². The van der Waals surface area contributed by atoms with Gasteiger partial charge in [0.25, 0.3) is 0 Å². The van der Waals surface area contributed by atoms with Gasteiger partial charge in [0.05, 0.1) is 0 Å². The van der Waals surface area contributed by atoms with Gasteiger partial charge in [0.1, 0.15) is 17.2 Å². The molecule has 4 nitrogen and oxygen atoms in total. The molecule has 1 heterocycles. The summed E-state index contributed by atoms with van der Waals surface area (Å²) < 4.78 is 0. The van der Waals surface area contributed by atoms with E-state index in [2.05, 4.69) is 10.2 Å². The van der Waals surface area contributed by atoms with E-state index >= 15 is 0 Å². The van der Waals surface area contributed by atoms with E-state index in [1.165, 1.54) is 12.1 Å². The SMILES string of the molecule is Oc1ccc(-c2n[nH]cc2-c2ccccc2)c(O)c1. The molecular weight excluding hydrogens is 240 g/mol. The molecule has 4 heteroatoms. The summed E-state index contributed by atoms with van der Waals surface area (Å²) in [4.78, 5) is 0. The third-order valence-electron chi connectivity index (χ3n) is 2.96. The molecule has 0 aliphatic carbocycles. The molecule has 0 spiro atoms. The number of hydrogen-bond donors (Lipinski definition) is 3. The van der Waals surface area contributed by atoms with Crippen molar-refractivity contribution in [2.75, 3.05) is 0 Å². The summed E-state index contributed by atoms with van der Waals surface area (Å²) in [7, 11) is 0. The van der Waals surface area contributed by atoms with Crippen LogP contribution in [0, 0.1) is 0 Å². The minimum atomic E-state index is 0.00396. The maximum atomic E-state index is 9.92. The zero-order chi connectivity index (χ0) is 13.2. The molecule has 94 valence electrons. The molecule has 0 fully saturated rings. The van der Waals surface area contributed by atoms with E-state index in [-0.39, 0.29) is 11.5 Å². The molecule has 0 saturated heterocycles. The van der Waals surface area contributed by atoms with E-state index in [0.29, 0.717) is 11.3 Å². The summed E-state index contributed by atoms with van der Waals surface area (Å²) in [5, 5.41) is 26.3. The first-order chi connectivity index (χ1) is 9.25. The van der Waals surface area contributed by atoms with E-state index in [1.54, 1.807) is 12.3 Å². The maximum Gasteiger partial charge on any atom is 0.128 e. The van der Waals surface area contributed by atoms with Crippen molar-refractivity contribution in [1.29, 1.82) is 0 Å². The molecule has 1 aromatic heterocycles. The highest BCUT2D eigenvalue weighted by Crippen LogP contribution is 2.36. The van der Waals surface area contributed by atoms with Crippen LogP contribution in [0.2, 0.25) is 0 Å². The summed E-state index contributed by atoms with van der Waals surface area (Å²) >= 11 is 0. The Morgan fingerprint density at radius 2 is 1.68 bits per heavy atom. The van der Waals surface area contributed by atoms with E-state index in [1.807, 2.05) is 30.3 Å². The molecule has 0 aliphatic rings. The predicted octanol–water partition coefficient (Wildman–Crippen LogP) is 3.15. The zero-order valence-electron chi connectivity index (χ0n) is 10.0. The highest BCUT2D eigenvalue weighted by Gasteiger charge is 2.13. The lowest BCUT2D eigenvalue weighted by Crippen LogP contribution is -1.83. The van der Waals surface area contributed by atoms with Crippen LogP contribution in [0.3, 0.4) is 0 Å². The van der Waals surface area contributed by atoms with Gasteiger partial charge in [-0.1, -0.05) is 30.3 Å². The summed E-state index contributed by atoms with van der Waals surface area (Å²) in [6, 6.07) is 14.3. The Morgan fingerprint density at radius 3 is 2.42 bits per heavy atom. The van der Waals surface area contributed by atoms with Crippen molar-refractivity contribution >= 4 is 0 Å². The van der Waals surface area contributed by atoms with Gasteiger partial charge < -0.3 is 10.2 Å². The number of hydrogen-bond acceptors (Lipinski definition) is 3. The van der Waals surface area contributed by atoms with Crippen LogP contribution in [0.1, 0.15) is 0 Å². The molecule has 0 saturated carbocycles. The molecule has 3 aromatic rings. The lowest BCUT2D eigenvalue weighted by Gasteiger charge is -2.05.